The molecule has 0 aliphatic carbocycles. The molecule has 1 aliphatic heterocycles. The maximum atomic E-state index is 2.43. The zero-order chi connectivity index (χ0) is 19.0. The summed E-state index contributed by atoms with van der Waals surface area (Å²) in [6, 6.07) is 22.2. The lowest BCUT2D eigenvalue weighted by Crippen LogP contribution is -2.49. The molecule has 1 nitrogen and oxygen atoms in total. The highest BCUT2D eigenvalue weighted by Crippen LogP contribution is 2.47. The lowest BCUT2D eigenvalue weighted by Gasteiger charge is -2.36. The molecule has 0 amide bonds. The number of benzene rings is 2. The number of pyridine rings is 1. The molecule has 0 radical (unpaired) electrons. The average Bonchev–Trinajstić information content (AvgIpc) is 2.72. The number of nitrogens with zero attached hydrogens (tertiary/aromatic N) is 1. The summed E-state index contributed by atoms with van der Waals surface area (Å²) in [7, 11) is 0. The van der Waals surface area contributed by atoms with Crippen molar-refractivity contribution < 1.29 is 4.57 Å². The Balaban J connectivity index is 2.04. The van der Waals surface area contributed by atoms with Gasteiger partial charge in [0, 0.05) is 11.6 Å². The summed E-state index contributed by atoms with van der Waals surface area (Å²) in [4.78, 5) is 0. The third-order valence-electron chi connectivity index (χ3n) is 6.24. The molecule has 0 saturated carbocycles. The summed E-state index contributed by atoms with van der Waals surface area (Å²) in [6.45, 7) is 9.00. The maximum absolute atomic E-state index is 2.43. The van der Waals surface area contributed by atoms with Crippen molar-refractivity contribution in [1.82, 2.24) is 0 Å². The van der Waals surface area contributed by atoms with Crippen LogP contribution in [-0.2, 0) is 5.41 Å². The summed E-state index contributed by atoms with van der Waals surface area (Å²) in [6.07, 6.45) is 6.80. The lowest BCUT2D eigenvalue weighted by molar-refractivity contribution is -0.578. The second kappa shape index (κ2) is 6.81. The van der Waals surface area contributed by atoms with Gasteiger partial charge in [0.25, 0.3) is 0 Å². The Labute approximate surface area is 163 Å². The third kappa shape index (κ3) is 2.65. The van der Waals surface area contributed by atoms with Crippen molar-refractivity contribution in [2.24, 2.45) is 0 Å². The SMILES string of the molecule is CC=C1[n+]2cc(C)ccc2-c2cc(-c3ccccc3)ccc2C1(CC)CC. The Hall–Kier alpha value is -2.67. The number of allylic oxidation sites excluding steroid dienone is 2. The maximum Gasteiger partial charge on any atom is 0.218 e. The monoisotopic (exact) mass is 354 g/mol. The molecule has 0 unspecified atom stereocenters. The van der Waals surface area contributed by atoms with Crippen molar-refractivity contribution in [1.29, 1.82) is 0 Å². The molecule has 0 atom stereocenters. The largest absolute Gasteiger partial charge is 0.218 e. The molecule has 1 aliphatic rings. The van der Waals surface area contributed by atoms with Gasteiger partial charge in [-0.2, -0.15) is 4.57 Å². The lowest BCUT2D eigenvalue weighted by atomic mass is 9.68. The van der Waals surface area contributed by atoms with E-state index in [-0.39, 0.29) is 5.41 Å². The topological polar surface area (TPSA) is 3.88 Å². The van der Waals surface area contributed by atoms with E-state index in [2.05, 4.69) is 105 Å². The van der Waals surface area contributed by atoms with Gasteiger partial charge in [-0.05, 0) is 61.6 Å². The summed E-state index contributed by atoms with van der Waals surface area (Å²) < 4.78 is 2.43. The van der Waals surface area contributed by atoms with Gasteiger partial charge in [-0.15, -0.1) is 0 Å². The molecule has 136 valence electrons. The molecule has 0 bridgehead atoms. The second-order valence-corrected chi connectivity index (χ2v) is 7.55. The number of rotatable bonds is 3. The Morgan fingerprint density at radius 1 is 0.889 bits per heavy atom. The van der Waals surface area contributed by atoms with Gasteiger partial charge in [-0.25, -0.2) is 0 Å². The molecule has 2 heterocycles. The molecule has 0 fully saturated rings. The smallest absolute Gasteiger partial charge is 0.163 e. The fourth-order valence-corrected chi connectivity index (χ4v) is 4.79. The molecular weight excluding hydrogens is 326 g/mol. The number of hydrogen-bond donors (Lipinski definition) is 0. The molecule has 1 aromatic heterocycles. The van der Waals surface area contributed by atoms with Crippen LogP contribution < -0.4 is 4.57 Å². The first-order valence-corrected chi connectivity index (χ1v) is 10.0. The van der Waals surface area contributed by atoms with Crippen molar-refractivity contribution in [3.05, 3.63) is 84.1 Å². The van der Waals surface area contributed by atoms with Crippen LogP contribution in [0.1, 0.15) is 44.7 Å². The second-order valence-electron chi connectivity index (χ2n) is 7.55. The first-order chi connectivity index (χ1) is 13.1. The average molecular weight is 355 g/mol. The minimum atomic E-state index is 0.0603. The summed E-state index contributed by atoms with van der Waals surface area (Å²) in [5, 5.41) is 0. The first kappa shape index (κ1) is 17.7. The van der Waals surface area contributed by atoms with E-state index in [9.17, 15) is 0 Å². The van der Waals surface area contributed by atoms with Gasteiger partial charge in [0.05, 0.1) is 11.0 Å². The van der Waals surface area contributed by atoms with Crippen molar-refractivity contribution in [3.63, 3.8) is 0 Å². The van der Waals surface area contributed by atoms with Crippen LogP contribution in [0.25, 0.3) is 28.1 Å². The molecule has 4 rings (SSSR count). The van der Waals surface area contributed by atoms with E-state index in [4.69, 9.17) is 0 Å². The van der Waals surface area contributed by atoms with Gasteiger partial charge < -0.3 is 0 Å². The molecule has 0 saturated heterocycles. The molecule has 27 heavy (non-hydrogen) atoms. The minimum Gasteiger partial charge on any atom is -0.163 e. The molecule has 1 heteroatoms. The van der Waals surface area contributed by atoms with E-state index in [1.807, 2.05) is 0 Å². The quantitative estimate of drug-likeness (QED) is 0.470. The van der Waals surface area contributed by atoms with Crippen LogP contribution in [0.3, 0.4) is 0 Å². The number of aryl methyl sites for hydroxylation is 1. The van der Waals surface area contributed by atoms with E-state index >= 15 is 0 Å². The van der Waals surface area contributed by atoms with Crippen molar-refractivity contribution in [3.8, 4) is 22.4 Å². The van der Waals surface area contributed by atoms with Crippen molar-refractivity contribution in [2.45, 2.75) is 46.0 Å². The zero-order valence-electron chi connectivity index (χ0n) is 16.8. The Bertz CT molecular complexity index is 1010. The first-order valence-electron chi connectivity index (χ1n) is 10.0. The predicted molar refractivity (Wildman–Crippen MR) is 114 cm³/mol. The highest BCUT2D eigenvalue weighted by atomic mass is 15.0. The van der Waals surface area contributed by atoms with Crippen LogP contribution in [-0.4, -0.2) is 0 Å². The highest BCUT2D eigenvalue weighted by Gasteiger charge is 2.46. The Kier molecular flexibility index (Phi) is 4.47. The summed E-state index contributed by atoms with van der Waals surface area (Å²) in [5.41, 5.74) is 9.44. The Morgan fingerprint density at radius 2 is 1.63 bits per heavy atom. The summed E-state index contributed by atoms with van der Waals surface area (Å²) >= 11 is 0. The standard InChI is InChI=1S/C26H28N/c1-5-25-26(6-2,7-3)23-15-14-21(20-11-9-8-10-12-20)17-22(23)24-16-13-19(4)18-27(24)25/h5,8-18H,6-7H2,1-4H3/q+1. The molecular formula is C26H28N+. The van der Waals surface area contributed by atoms with Gasteiger partial charge in [0.15, 0.2) is 11.9 Å². The van der Waals surface area contributed by atoms with Gasteiger partial charge in [0.1, 0.15) is 0 Å². The van der Waals surface area contributed by atoms with Crippen LogP contribution in [0.2, 0.25) is 0 Å². The van der Waals surface area contributed by atoms with E-state index < -0.39 is 0 Å². The van der Waals surface area contributed by atoms with E-state index in [0.717, 1.165) is 12.8 Å². The zero-order valence-corrected chi connectivity index (χ0v) is 16.8. The van der Waals surface area contributed by atoms with Gasteiger partial charge >= 0.3 is 0 Å². The minimum absolute atomic E-state index is 0.0603. The molecule has 0 N–H and O–H groups in total. The van der Waals surface area contributed by atoms with E-state index in [0.29, 0.717) is 0 Å². The van der Waals surface area contributed by atoms with E-state index in [1.54, 1.807) is 0 Å². The molecule has 0 spiro atoms. The Morgan fingerprint density at radius 3 is 2.30 bits per heavy atom. The summed E-state index contributed by atoms with van der Waals surface area (Å²) in [5.74, 6) is 0. The number of hydrogen-bond acceptors (Lipinski definition) is 0. The van der Waals surface area contributed by atoms with Crippen molar-refractivity contribution in [2.75, 3.05) is 0 Å². The van der Waals surface area contributed by atoms with Crippen LogP contribution in [0.4, 0.5) is 0 Å². The molecule has 3 aromatic rings. The highest BCUT2D eigenvalue weighted by molar-refractivity contribution is 5.78. The van der Waals surface area contributed by atoms with Gasteiger partial charge in [-0.1, -0.05) is 56.3 Å². The third-order valence-corrected chi connectivity index (χ3v) is 6.24. The van der Waals surface area contributed by atoms with Crippen LogP contribution in [0, 0.1) is 6.92 Å². The van der Waals surface area contributed by atoms with Gasteiger partial charge in [0.2, 0.25) is 5.69 Å². The van der Waals surface area contributed by atoms with E-state index in [1.165, 1.54) is 39.2 Å². The fourth-order valence-electron chi connectivity index (χ4n) is 4.79. The van der Waals surface area contributed by atoms with Crippen LogP contribution >= 0.6 is 0 Å². The number of fused-ring (bicyclic) bond motifs is 3. The normalized spacial score (nSPS) is 16.1. The van der Waals surface area contributed by atoms with Crippen LogP contribution in [0.15, 0.2) is 72.9 Å². The predicted octanol–water partition coefficient (Wildman–Crippen LogP) is 6.55. The fraction of sp³-hybridized carbons (Fsp3) is 0.269. The van der Waals surface area contributed by atoms with Crippen LogP contribution in [0.5, 0.6) is 0 Å². The van der Waals surface area contributed by atoms with Gasteiger partial charge in [-0.3, -0.25) is 0 Å². The number of aromatic nitrogens is 1. The van der Waals surface area contributed by atoms with Crippen molar-refractivity contribution >= 4 is 5.70 Å². The molecule has 2 aromatic carbocycles.